The van der Waals surface area contributed by atoms with Gasteiger partial charge in [-0.3, -0.25) is 20.0 Å². The number of nitrogens with zero attached hydrogens (tertiary/aromatic N) is 2. The van der Waals surface area contributed by atoms with Gasteiger partial charge in [-0.2, -0.15) is 0 Å². The largest absolute Gasteiger partial charge is 0.395 e. The summed E-state index contributed by atoms with van der Waals surface area (Å²) in [6, 6.07) is -0.124. The van der Waals surface area contributed by atoms with Crippen LogP contribution in [0.4, 0.5) is 0 Å². The van der Waals surface area contributed by atoms with Gasteiger partial charge in [0.15, 0.2) is 0 Å². The molecule has 1 heterocycles. The molecule has 0 bridgehead atoms. The van der Waals surface area contributed by atoms with E-state index >= 15 is 0 Å². The summed E-state index contributed by atoms with van der Waals surface area (Å²) in [4.78, 5) is 15.9. The first kappa shape index (κ1) is 13.4. The molecule has 0 spiro atoms. The molecule has 0 aliphatic carbocycles. The maximum atomic E-state index is 11.5. The van der Waals surface area contributed by atoms with Gasteiger partial charge in [0, 0.05) is 32.7 Å². The molecule has 0 radical (unpaired) electrons. The van der Waals surface area contributed by atoms with Crippen LogP contribution >= 0.6 is 0 Å². The molecule has 1 aliphatic rings. The lowest BCUT2D eigenvalue weighted by Gasteiger charge is -2.37. The Morgan fingerprint density at radius 1 is 1.44 bits per heavy atom. The first-order valence-electron chi connectivity index (χ1n) is 5.80. The van der Waals surface area contributed by atoms with E-state index in [4.69, 9.17) is 10.9 Å². The molecule has 4 N–H and O–H groups in total. The van der Waals surface area contributed by atoms with E-state index in [0.717, 1.165) is 32.6 Å². The van der Waals surface area contributed by atoms with E-state index in [1.807, 2.05) is 6.92 Å². The smallest absolute Gasteiger partial charge is 0.251 e. The van der Waals surface area contributed by atoms with Crippen molar-refractivity contribution in [2.75, 3.05) is 39.3 Å². The van der Waals surface area contributed by atoms with Crippen LogP contribution in [0.1, 0.15) is 13.3 Å². The van der Waals surface area contributed by atoms with Gasteiger partial charge >= 0.3 is 0 Å². The highest BCUT2D eigenvalue weighted by Gasteiger charge is 2.26. The fourth-order valence-corrected chi connectivity index (χ4v) is 2.15. The number of hydrogen-bond donors (Lipinski definition) is 3. The molecule has 94 valence electrons. The molecular formula is C10H22N4O2. The summed E-state index contributed by atoms with van der Waals surface area (Å²) in [5.74, 6) is 5.05. The summed E-state index contributed by atoms with van der Waals surface area (Å²) in [6.45, 7) is 6.40. The molecular weight excluding hydrogens is 208 g/mol. The van der Waals surface area contributed by atoms with Crippen molar-refractivity contribution in [3.05, 3.63) is 0 Å². The van der Waals surface area contributed by atoms with Gasteiger partial charge in [-0.25, -0.2) is 5.84 Å². The Labute approximate surface area is 96.4 Å². The number of hydrazine groups is 1. The van der Waals surface area contributed by atoms with Crippen molar-refractivity contribution in [1.82, 2.24) is 15.2 Å². The summed E-state index contributed by atoms with van der Waals surface area (Å²) in [5, 5.41) is 8.83. The second kappa shape index (κ2) is 6.80. The third-order valence-electron chi connectivity index (χ3n) is 3.10. The first-order valence-corrected chi connectivity index (χ1v) is 5.80. The fourth-order valence-electron chi connectivity index (χ4n) is 2.15. The monoisotopic (exact) mass is 230 g/mol. The van der Waals surface area contributed by atoms with Gasteiger partial charge in [0.1, 0.15) is 0 Å². The molecule has 1 rings (SSSR count). The van der Waals surface area contributed by atoms with Crippen LogP contribution in [-0.4, -0.2) is 66.2 Å². The minimum Gasteiger partial charge on any atom is -0.395 e. The number of nitrogens with two attached hydrogens (primary N) is 1. The molecule has 0 aromatic rings. The Kier molecular flexibility index (Phi) is 5.68. The van der Waals surface area contributed by atoms with E-state index in [1.165, 1.54) is 0 Å². The summed E-state index contributed by atoms with van der Waals surface area (Å²) in [5.41, 5.74) is 2.22. The number of amides is 1. The number of carbonyl (C=O) groups is 1. The number of aliphatic hydroxyl groups is 1. The Balaban J connectivity index is 2.41. The molecule has 0 aromatic heterocycles. The van der Waals surface area contributed by atoms with Crippen molar-refractivity contribution in [3.63, 3.8) is 0 Å². The molecule has 1 atom stereocenters. The third-order valence-corrected chi connectivity index (χ3v) is 3.10. The van der Waals surface area contributed by atoms with Crippen LogP contribution in [0.3, 0.4) is 0 Å². The lowest BCUT2D eigenvalue weighted by atomic mass is 10.1. The third kappa shape index (κ3) is 3.41. The summed E-state index contributed by atoms with van der Waals surface area (Å²) in [6.07, 6.45) is 0.767. The second-order valence-corrected chi connectivity index (χ2v) is 4.03. The topological polar surface area (TPSA) is 81.8 Å². The Morgan fingerprint density at radius 2 is 2.06 bits per heavy atom. The highest BCUT2D eigenvalue weighted by atomic mass is 16.3. The van der Waals surface area contributed by atoms with E-state index in [9.17, 15) is 4.79 Å². The van der Waals surface area contributed by atoms with Gasteiger partial charge in [-0.15, -0.1) is 0 Å². The average Bonchev–Trinajstić information content (AvgIpc) is 2.32. The number of piperazine rings is 1. The minimum atomic E-state index is -0.124. The summed E-state index contributed by atoms with van der Waals surface area (Å²) in [7, 11) is 0. The van der Waals surface area contributed by atoms with E-state index < -0.39 is 0 Å². The molecule has 6 heteroatoms. The zero-order chi connectivity index (χ0) is 12.0. The van der Waals surface area contributed by atoms with E-state index in [-0.39, 0.29) is 18.6 Å². The van der Waals surface area contributed by atoms with Crippen LogP contribution < -0.4 is 11.3 Å². The highest BCUT2D eigenvalue weighted by Crippen LogP contribution is 2.09. The number of rotatable bonds is 5. The van der Waals surface area contributed by atoms with Crippen LogP contribution in [0.25, 0.3) is 0 Å². The van der Waals surface area contributed by atoms with E-state index in [0.29, 0.717) is 6.54 Å². The Bertz CT molecular complexity index is 217. The predicted octanol–water partition coefficient (Wildman–Crippen LogP) is -1.64. The fraction of sp³-hybridized carbons (Fsp3) is 0.900. The van der Waals surface area contributed by atoms with Crippen LogP contribution in [0.15, 0.2) is 0 Å². The number of nitrogens with one attached hydrogen (secondary N) is 1. The number of aliphatic hydroxyl groups excluding tert-OH is 1. The van der Waals surface area contributed by atoms with E-state index in [1.54, 1.807) is 0 Å². The molecule has 1 aliphatic heterocycles. The van der Waals surface area contributed by atoms with Crippen molar-refractivity contribution in [2.24, 2.45) is 5.84 Å². The van der Waals surface area contributed by atoms with Gasteiger partial charge in [-0.1, -0.05) is 6.92 Å². The Hall–Kier alpha value is -0.690. The molecule has 1 fully saturated rings. The van der Waals surface area contributed by atoms with Crippen molar-refractivity contribution in [3.8, 4) is 0 Å². The second-order valence-electron chi connectivity index (χ2n) is 4.03. The van der Waals surface area contributed by atoms with Gasteiger partial charge in [-0.05, 0) is 6.42 Å². The van der Waals surface area contributed by atoms with Crippen LogP contribution in [0, 0.1) is 0 Å². The maximum Gasteiger partial charge on any atom is 0.251 e. The molecule has 1 saturated heterocycles. The van der Waals surface area contributed by atoms with Gasteiger partial charge in [0.2, 0.25) is 0 Å². The molecule has 0 aromatic carbocycles. The molecule has 0 saturated carbocycles. The standard InChI is InChI=1S/C10H22N4O2/c1-2-9(10(16)12-11)14-5-3-13(4-6-14)7-8-15/h9,15H,2-8,11H2,1H3,(H,12,16). The molecule has 1 amide bonds. The van der Waals surface area contributed by atoms with Crippen molar-refractivity contribution < 1.29 is 9.90 Å². The van der Waals surface area contributed by atoms with Crippen LogP contribution in [-0.2, 0) is 4.79 Å². The van der Waals surface area contributed by atoms with Crippen LogP contribution in [0.5, 0.6) is 0 Å². The number of hydrogen-bond acceptors (Lipinski definition) is 5. The first-order chi connectivity index (χ1) is 7.72. The lowest BCUT2D eigenvalue weighted by molar-refractivity contribution is -0.127. The number of carbonyl (C=O) groups excluding carboxylic acids is 1. The van der Waals surface area contributed by atoms with Crippen molar-refractivity contribution in [1.29, 1.82) is 0 Å². The molecule has 6 nitrogen and oxygen atoms in total. The van der Waals surface area contributed by atoms with Crippen molar-refractivity contribution in [2.45, 2.75) is 19.4 Å². The van der Waals surface area contributed by atoms with Crippen LogP contribution in [0.2, 0.25) is 0 Å². The quantitative estimate of drug-likeness (QED) is 0.300. The van der Waals surface area contributed by atoms with Gasteiger partial charge < -0.3 is 5.11 Å². The summed E-state index contributed by atoms with van der Waals surface area (Å²) < 4.78 is 0. The van der Waals surface area contributed by atoms with E-state index in [2.05, 4.69) is 15.2 Å². The highest BCUT2D eigenvalue weighted by molar-refractivity contribution is 5.81. The molecule has 16 heavy (non-hydrogen) atoms. The SMILES string of the molecule is CCC(C(=O)NN)N1CCN(CCO)CC1. The normalized spacial score (nSPS) is 20.7. The molecule has 1 unspecified atom stereocenters. The average molecular weight is 230 g/mol. The number of β-amino-alcohol motifs (C(OH)–C–C–N with tert-alkyl or cyclic N) is 1. The summed E-state index contributed by atoms with van der Waals surface area (Å²) >= 11 is 0. The maximum absolute atomic E-state index is 11.5. The van der Waals surface area contributed by atoms with Gasteiger partial charge in [0.05, 0.1) is 12.6 Å². The minimum absolute atomic E-state index is 0.113. The predicted molar refractivity (Wildman–Crippen MR) is 61.5 cm³/mol. The zero-order valence-electron chi connectivity index (χ0n) is 9.85. The lowest BCUT2D eigenvalue weighted by Crippen LogP contribution is -2.55. The van der Waals surface area contributed by atoms with Crippen molar-refractivity contribution >= 4 is 5.91 Å². The zero-order valence-corrected chi connectivity index (χ0v) is 9.85. The van der Waals surface area contributed by atoms with Gasteiger partial charge in [0.25, 0.3) is 5.91 Å². The Morgan fingerprint density at radius 3 is 2.50 bits per heavy atom.